The molecule has 0 spiro atoms. The largest absolute Gasteiger partial charge is 0.314 e. The molecule has 0 heterocycles. The molecule has 1 aliphatic carbocycles. The van der Waals surface area contributed by atoms with Crippen molar-refractivity contribution in [3.8, 4) is 0 Å². The summed E-state index contributed by atoms with van der Waals surface area (Å²) in [7, 11) is 0. The van der Waals surface area contributed by atoms with Crippen LogP contribution in [0.2, 0.25) is 0 Å². The minimum Gasteiger partial charge on any atom is -0.314 e. The Balaban J connectivity index is 1.73. The van der Waals surface area contributed by atoms with E-state index in [1.54, 1.807) is 0 Å². The van der Waals surface area contributed by atoms with Crippen LogP contribution >= 0.6 is 0 Å². The average molecular weight is 259 g/mol. The number of hydrogen-bond donors (Lipinski definition) is 1. The molecule has 1 fully saturated rings. The molecular weight excluding hydrogens is 234 g/mol. The minimum absolute atomic E-state index is 0.256. The Morgan fingerprint density at radius 2 is 1.84 bits per heavy atom. The van der Waals surface area contributed by atoms with Gasteiger partial charge in [-0.25, -0.2) is 0 Å². The van der Waals surface area contributed by atoms with Crippen LogP contribution in [0.4, 0.5) is 0 Å². The average Bonchev–Trinajstić information content (AvgIpc) is 2.48. The molecule has 0 atom stereocenters. The molecule has 2 heteroatoms. The fourth-order valence-corrected chi connectivity index (χ4v) is 2.77. The van der Waals surface area contributed by atoms with Crippen LogP contribution in [0.25, 0.3) is 0 Å². The van der Waals surface area contributed by atoms with Crippen molar-refractivity contribution in [2.24, 2.45) is 0 Å². The Labute approximate surface area is 116 Å². The van der Waals surface area contributed by atoms with Gasteiger partial charge in [-0.3, -0.25) is 4.79 Å². The maximum atomic E-state index is 12.0. The van der Waals surface area contributed by atoms with E-state index in [2.05, 4.69) is 24.4 Å². The summed E-state index contributed by atoms with van der Waals surface area (Å²) >= 11 is 0. The summed E-state index contributed by atoms with van der Waals surface area (Å²) in [5.41, 5.74) is 2.14. The van der Waals surface area contributed by atoms with Crippen molar-refractivity contribution in [2.75, 3.05) is 6.54 Å². The molecule has 2 nitrogen and oxygen atoms in total. The SMILES string of the molecule is CCc1ccc(C(=O)CCNC2CCCCC2)cc1. The standard InChI is InChI=1S/C17H25NO/c1-2-14-8-10-15(11-9-14)17(19)12-13-18-16-6-4-3-5-7-16/h8-11,16,18H,2-7,12-13H2,1H3. The zero-order chi connectivity index (χ0) is 13.5. The molecule has 1 aromatic carbocycles. The molecular formula is C17H25NO. The number of ketones is 1. The van der Waals surface area contributed by atoms with E-state index in [-0.39, 0.29) is 5.78 Å². The summed E-state index contributed by atoms with van der Waals surface area (Å²) in [5, 5.41) is 3.52. The molecule has 0 aromatic heterocycles. The monoisotopic (exact) mass is 259 g/mol. The van der Waals surface area contributed by atoms with Gasteiger partial charge in [0.15, 0.2) is 5.78 Å². The van der Waals surface area contributed by atoms with E-state index >= 15 is 0 Å². The van der Waals surface area contributed by atoms with Crippen molar-refractivity contribution in [3.63, 3.8) is 0 Å². The van der Waals surface area contributed by atoms with E-state index in [0.717, 1.165) is 18.5 Å². The van der Waals surface area contributed by atoms with Crippen LogP contribution in [0.3, 0.4) is 0 Å². The number of benzene rings is 1. The number of hydrogen-bond acceptors (Lipinski definition) is 2. The maximum Gasteiger partial charge on any atom is 0.164 e. The highest BCUT2D eigenvalue weighted by Crippen LogP contribution is 2.17. The number of carbonyl (C=O) groups is 1. The van der Waals surface area contributed by atoms with Gasteiger partial charge in [0, 0.05) is 24.6 Å². The first kappa shape index (κ1) is 14.3. The third-order valence-corrected chi connectivity index (χ3v) is 4.07. The lowest BCUT2D eigenvalue weighted by atomic mass is 9.95. The van der Waals surface area contributed by atoms with Crippen molar-refractivity contribution >= 4 is 5.78 Å². The molecule has 0 radical (unpaired) electrons. The summed E-state index contributed by atoms with van der Waals surface area (Å²) in [6.07, 6.45) is 8.24. The summed E-state index contributed by atoms with van der Waals surface area (Å²) < 4.78 is 0. The second-order valence-electron chi connectivity index (χ2n) is 5.51. The molecule has 19 heavy (non-hydrogen) atoms. The first-order chi connectivity index (χ1) is 9.29. The van der Waals surface area contributed by atoms with Gasteiger partial charge in [-0.1, -0.05) is 50.5 Å². The lowest BCUT2D eigenvalue weighted by Crippen LogP contribution is -2.32. The second-order valence-corrected chi connectivity index (χ2v) is 5.51. The fourth-order valence-electron chi connectivity index (χ4n) is 2.77. The van der Waals surface area contributed by atoms with Gasteiger partial charge in [-0.05, 0) is 24.8 Å². The predicted molar refractivity (Wildman–Crippen MR) is 79.6 cm³/mol. The minimum atomic E-state index is 0.256. The molecule has 0 saturated heterocycles. The summed E-state index contributed by atoms with van der Waals surface area (Å²) in [4.78, 5) is 12.0. The second kappa shape index (κ2) is 7.44. The van der Waals surface area contributed by atoms with E-state index in [0.29, 0.717) is 12.5 Å². The number of Topliss-reactive ketones (excluding diaryl/α,β-unsaturated/α-hetero) is 1. The van der Waals surface area contributed by atoms with Gasteiger partial charge in [-0.15, -0.1) is 0 Å². The molecule has 1 aromatic rings. The van der Waals surface area contributed by atoms with Crippen LogP contribution in [0, 0.1) is 0 Å². The van der Waals surface area contributed by atoms with E-state index in [1.165, 1.54) is 37.7 Å². The molecule has 0 aliphatic heterocycles. The predicted octanol–water partition coefficient (Wildman–Crippen LogP) is 3.74. The third-order valence-electron chi connectivity index (χ3n) is 4.07. The molecule has 2 rings (SSSR count). The Bertz CT molecular complexity index is 390. The van der Waals surface area contributed by atoms with E-state index < -0.39 is 0 Å². The zero-order valence-electron chi connectivity index (χ0n) is 12.0. The first-order valence-corrected chi connectivity index (χ1v) is 7.65. The highest BCUT2D eigenvalue weighted by Gasteiger charge is 2.13. The van der Waals surface area contributed by atoms with Gasteiger partial charge in [-0.2, -0.15) is 0 Å². The number of carbonyl (C=O) groups excluding carboxylic acids is 1. The van der Waals surface area contributed by atoms with Crippen molar-refractivity contribution < 1.29 is 4.79 Å². The normalized spacial score (nSPS) is 16.5. The van der Waals surface area contributed by atoms with Crippen molar-refractivity contribution in [1.29, 1.82) is 0 Å². The molecule has 104 valence electrons. The number of aryl methyl sites for hydroxylation is 1. The van der Waals surface area contributed by atoms with E-state index in [9.17, 15) is 4.79 Å². The quantitative estimate of drug-likeness (QED) is 0.788. The van der Waals surface area contributed by atoms with Crippen LogP contribution < -0.4 is 5.32 Å². The van der Waals surface area contributed by atoms with Crippen LogP contribution in [0.5, 0.6) is 0 Å². The van der Waals surface area contributed by atoms with Gasteiger partial charge in [0.05, 0.1) is 0 Å². The van der Waals surface area contributed by atoms with Gasteiger partial charge in [0.25, 0.3) is 0 Å². The Hall–Kier alpha value is -1.15. The van der Waals surface area contributed by atoms with E-state index in [4.69, 9.17) is 0 Å². The van der Waals surface area contributed by atoms with Crippen molar-refractivity contribution in [2.45, 2.75) is 57.9 Å². The summed E-state index contributed by atoms with van der Waals surface area (Å²) in [6, 6.07) is 8.68. The number of rotatable bonds is 6. The lowest BCUT2D eigenvalue weighted by Gasteiger charge is -2.22. The van der Waals surface area contributed by atoms with Crippen LogP contribution in [0.1, 0.15) is 61.4 Å². The third kappa shape index (κ3) is 4.46. The van der Waals surface area contributed by atoms with Gasteiger partial charge in [0.2, 0.25) is 0 Å². The summed E-state index contributed by atoms with van der Waals surface area (Å²) in [5.74, 6) is 0.256. The molecule has 0 unspecified atom stereocenters. The maximum absolute atomic E-state index is 12.0. The highest BCUT2D eigenvalue weighted by atomic mass is 16.1. The first-order valence-electron chi connectivity index (χ1n) is 7.65. The van der Waals surface area contributed by atoms with Crippen molar-refractivity contribution in [1.82, 2.24) is 5.32 Å². The molecule has 1 aliphatic rings. The van der Waals surface area contributed by atoms with Crippen molar-refractivity contribution in [3.05, 3.63) is 35.4 Å². The smallest absolute Gasteiger partial charge is 0.164 e. The lowest BCUT2D eigenvalue weighted by molar-refractivity contribution is 0.0981. The zero-order valence-corrected chi connectivity index (χ0v) is 12.0. The number of nitrogens with one attached hydrogen (secondary N) is 1. The highest BCUT2D eigenvalue weighted by molar-refractivity contribution is 5.96. The topological polar surface area (TPSA) is 29.1 Å². The van der Waals surface area contributed by atoms with Crippen LogP contribution in [0.15, 0.2) is 24.3 Å². The molecule has 1 saturated carbocycles. The fraction of sp³-hybridized carbons (Fsp3) is 0.588. The van der Waals surface area contributed by atoms with Gasteiger partial charge >= 0.3 is 0 Å². The Morgan fingerprint density at radius 3 is 2.47 bits per heavy atom. The molecule has 0 bridgehead atoms. The Morgan fingerprint density at radius 1 is 1.16 bits per heavy atom. The molecule has 0 amide bonds. The van der Waals surface area contributed by atoms with Crippen LogP contribution in [-0.4, -0.2) is 18.4 Å². The van der Waals surface area contributed by atoms with Crippen LogP contribution in [-0.2, 0) is 6.42 Å². The Kier molecular flexibility index (Phi) is 5.59. The van der Waals surface area contributed by atoms with E-state index in [1.807, 2.05) is 12.1 Å². The summed E-state index contributed by atoms with van der Waals surface area (Å²) in [6.45, 7) is 2.95. The molecule has 1 N–H and O–H groups in total. The van der Waals surface area contributed by atoms with Gasteiger partial charge < -0.3 is 5.32 Å². The van der Waals surface area contributed by atoms with Gasteiger partial charge in [0.1, 0.15) is 0 Å².